The van der Waals surface area contributed by atoms with Crippen molar-refractivity contribution in [2.45, 2.75) is 178 Å². The van der Waals surface area contributed by atoms with Gasteiger partial charge in [0.2, 0.25) is 47.3 Å². The van der Waals surface area contributed by atoms with Gasteiger partial charge in [-0.2, -0.15) is 0 Å². The van der Waals surface area contributed by atoms with Gasteiger partial charge in [0.05, 0.1) is 18.8 Å². The van der Waals surface area contributed by atoms with Gasteiger partial charge in [0, 0.05) is 37.9 Å². The Morgan fingerprint density at radius 3 is 1.33 bits per heavy atom. The molecule has 0 unspecified atom stereocenters. The van der Waals surface area contributed by atoms with Crippen LogP contribution < -0.4 is 88.4 Å². The van der Waals surface area contributed by atoms with Crippen LogP contribution in [-0.2, 0) is 54.4 Å². The number of carbonyl (C=O) groups excluding carboxylic acids is 8. The second-order valence-corrected chi connectivity index (χ2v) is 22.0. The van der Waals surface area contributed by atoms with Crippen molar-refractivity contribution in [2.24, 2.45) is 72.7 Å². The van der Waals surface area contributed by atoms with Crippen LogP contribution in [0.5, 0.6) is 0 Å². The van der Waals surface area contributed by atoms with Gasteiger partial charge in [-0.25, -0.2) is 9.78 Å². The molecular weight excluding hydrogens is 1140 g/mol. The third-order valence-corrected chi connectivity index (χ3v) is 13.2. The van der Waals surface area contributed by atoms with E-state index in [0.717, 1.165) is 0 Å². The largest absolute Gasteiger partial charge is 0.481 e. The Balaban J connectivity index is 3.73. The number of rotatable bonds is 45. The number of imidazole rings is 1. The lowest BCUT2D eigenvalue weighted by atomic mass is 9.98. The van der Waals surface area contributed by atoms with Crippen molar-refractivity contribution in [3.05, 3.63) is 18.2 Å². The van der Waals surface area contributed by atoms with E-state index in [0.29, 0.717) is 44.5 Å². The first-order valence-corrected chi connectivity index (χ1v) is 29.1. The molecule has 0 aromatic carbocycles. The average molecular weight is 1240 g/mol. The third-order valence-electron chi connectivity index (χ3n) is 13.2. The van der Waals surface area contributed by atoms with Crippen LogP contribution in [0.25, 0.3) is 0 Å². The fourth-order valence-corrected chi connectivity index (χ4v) is 8.60. The topological polar surface area (TPSA) is 585 Å². The van der Waals surface area contributed by atoms with E-state index in [4.69, 9.17) is 45.9 Å². The lowest BCUT2D eigenvalue weighted by molar-refractivity contribution is -0.147. The highest BCUT2D eigenvalue weighted by molar-refractivity contribution is 5.98. The van der Waals surface area contributed by atoms with Crippen LogP contribution in [0, 0.1) is 11.8 Å². The van der Waals surface area contributed by atoms with E-state index in [9.17, 15) is 58.2 Å². The lowest BCUT2D eigenvalue weighted by Gasteiger charge is -2.29. The number of nitrogens with one attached hydrogen (secondary N) is 9. The number of unbranched alkanes of at least 4 members (excludes halogenated alkanes) is 2. The van der Waals surface area contributed by atoms with Gasteiger partial charge in [0.25, 0.3) is 0 Å². The summed E-state index contributed by atoms with van der Waals surface area (Å²) in [6, 6.07) is -12.4. The van der Waals surface area contributed by atoms with Gasteiger partial charge in [0.1, 0.15) is 48.3 Å². The fraction of sp³-hybridized carbons (Fsp3) is 0.698. The lowest BCUT2D eigenvalue weighted by Crippen LogP contribution is -2.61. The zero-order valence-corrected chi connectivity index (χ0v) is 51.0. The smallest absolute Gasteiger partial charge is 0.326 e. The average Bonchev–Trinajstić information content (AvgIpc) is 3.56. The number of aliphatic carboxylic acids is 2. The first kappa shape index (κ1) is 76.6. The summed E-state index contributed by atoms with van der Waals surface area (Å²) in [7, 11) is 3.71. The maximum absolute atomic E-state index is 14.6. The van der Waals surface area contributed by atoms with Gasteiger partial charge in [-0.3, -0.25) is 58.1 Å². The molecule has 0 spiro atoms. The van der Waals surface area contributed by atoms with Crippen LogP contribution in [0.1, 0.15) is 123 Å². The van der Waals surface area contributed by atoms with E-state index in [1.54, 1.807) is 27.7 Å². The minimum Gasteiger partial charge on any atom is -0.481 e. The number of carboxylic acids is 2. The summed E-state index contributed by atoms with van der Waals surface area (Å²) in [5.41, 5.74) is 45.3. The number of amides is 8. The van der Waals surface area contributed by atoms with E-state index >= 15 is 0 Å². The maximum Gasteiger partial charge on any atom is 0.326 e. The summed E-state index contributed by atoms with van der Waals surface area (Å²) in [5, 5.41) is 39.9. The molecule has 8 amide bonds. The van der Waals surface area contributed by atoms with Crippen molar-refractivity contribution in [1.82, 2.24) is 57.4 Å². The molecule has 9 atom stereocenters. The number of aromatic nitrogens is 2. The number of carbonyl (C=O) groups is 10. The third kappa shape index (κ3) is 33.2. The van der Waals surface area contributed by atoms with Crippen LogP contribution >= 0.6 is 0 Å². The Kier molecular flexibility index (Phi) is 36.6. The standard InChI is InChI=1S/C53H98N22O12/c1-29(2)24-37(47(83)69-36(18-13-22-65-53(60)61)45(81)73-39(50(86)87)26-40(76)77)72-49(85)41(30(3)4)74-46(82)33(15-8-10-23-75(5)6)68-43(79)35(17-12-21-64-52(58)59)70-48(84)38(25-31-27-62-28-66-31)71-44(80)34(16-11-20-63-51(56)57)67-42(78)32(55)14-7-9-19-54/h27-30,32-39,41H,7-26,54-55H2,1-6H3,(H,62,66)(H,67,78)(H,68,79)(H,69,83)(H,70,84)(H,71,80)(H,72,85)(H,73,81)(H,74,82)(H,76,77)(H,86,87)(H4,56,57,63)(H4,58,59,64)(H4,60,61,65)/t32-,33-,34-,35-,36-,37-,38-,39-,41-/m0/s1. The summed E-state index contributed by atoms with van der Waals surface area (Å²) in [6.45, 7) is 7.90. The molecule has 27 N–H and O–H groups in total. The number of nitrogens with two attached hydrogens (primary N) is 8. The van der Waals surface area contributed by atoms with E-state index in [1.807, 2.05) is 19.0 Å². The molecule has 1 aromatic rings. The Morgan fingerprint density at radius 1 is 0.529 bits per heavy atom. The quantitative estimate of drug-likeness (QED) is 0.0164. The molecule has 34 nitrogen and oxygen atoms in total. The molecular formula is C53H98N22O12. The Bertz CT molecular complexity index is 2430. The van der Waals surface area contributed by atoms with Crippen LogP contribution in [0.4, 0.5) is 0 Å². The number of nitrogens with zero attached hydrogens (tertiary/aromatic N) is 5. The van der Waals surface area contributed by atoms with Crippen molar-refractivity contribution in [3.8, 4) is 0 Å². The van der Waals surface area contributed by atoms with Gasteiger partial charge < -0.3 is 109 Å². The van der Waals surface area contributed by atoms with Gasteiger partial charge >= 0.3 is 11.9 Å². The maximum atomic E-state index is 14.6. The van der Waals surface area contributed by atoms with Crippen LogP contribution in [0.2, 0.25) is 0 Å². The molecule has 492 valence electrons. The fourth-order valence-electron chi connectivity index (χ4n) is 8.60. The molecule has 1 heterocycles. The number of hydrogen-bond acceptors (Lipinski definition) is 17. The number of H-pyrrole nitrogens is 1. The highest BCUT2D eigenvalue weighted by Crippen LogP contribution is 2.13. The highest BCUT2D eigenvalue weighted by atomic mass is 16.4. The van der Waals surface area contributed by atoms with Gasteiger partial charge in [-0.1, -0.05) is 34.1 Å². The molecule has 0 saturated heterocycles. The number of hydrogen-bond donors (Lipinski definition) is 19. The molecule has 0 bridgehead atoms. The summed E-state index contributed by atoms with van der Waals surface area (Å²) in [5.74, 6) is -11.4. The summed E-state index contributed by atoms with van der Waals surface area (Å²) < 4.78 is 0. The zero-order chi connectivity index (χ0) is 65.8. The highest BCUT2D eigenvalue weighted by Gasteiger charge is 2.36. The normalized spacial score (nSPS) is 14.2. The van der Waals surface area contributed by atoms with Crippen LogP contribution in [-0.4, -0.2) is 203 Å². The molecule has 0 aliphatic heterocycles. The summed E-state index contributed by atoms with van der Waals surface area (Å²) in [6.07, 6.45) is 4.31. The van der Waals surface area contributed by atoms with Crippen molar-refractivity contribution in [1.29, 1.82) is 0 Å². The second-order valence-electron chi connectivity index (χ2n) is 22.0. The first-order chi connectivity index (χ1) is 40.9. The molecule has 34 heteroatoms. The van der Waals surface area contributed by atoms with Gasteiger partial charge in [-0.05, 0) is 116 Å². The first-order valence-electron chi connectivity index (χ1n) is 29.1. The molecule has 87 heavy (non-hydrogen) atoms. The minimum atomic E-state index is -1.86. The predicted molar refractivity (Wildman–Crippen MR) is 325 cm³/mol. The predicted octanol–water partition coefficient (Wildman–Crippen LogP) is -5.56. The van der Waals surface area contributed by atoms with E-state index in [2.05, 4.69) is 67.5 Å². The van der Waals surface area contributed by atoms with Gasteiger partial charge in [0.15, 0.2) is 17.9 Å². The second kappa shape index (κ2) is 41.6. The van der Waals surface area contributed by atoms with Crippen LogP contribution in [0.15, 0.2) is 27.5 Å². The molecule has 0 aliphatic carbocycles. The Labute approximate surface area is 507 Å². The zero-order valence-electron chi connectivity index (χ0n) is 51.0. The summed E-state index contributed by atoms with van der Waals surface area (Å²) >= 11 is 0. The SMILES string of the molecule is CC(C)C[C@H](NC(=O)[C@@H](NC(=O)[C@H](CCCCN(C)C)NC(=O)[C@H](CCCN=C(N)N)NC(=O)[C@H](Cc1cnc[nH]1)NC(=O)[C@H](CCCN=C(N)N)NC(=O)[C@@H](N)CCCCN)C(C)C)C(=O)N[C@@H](CCCN=C(N)N)C(=O)N[C@@H](CC(=O)O)C(=O)O. The Hall–Kier alpha value is -8.40. The number of carboxylic acid groups (broad SMARTS) is 2. The monoisotopic (exact) mass is 1230 g/mol. The molecule has 0 saturated carbocycles. The van der Waals surface area contributed by atoms with Gasteiger partial charge in [-0.15, -0.1) is 0 Å². The van der Waals surface area contributed by atoms with E-state index in [1.165, 1.54) is 12.5 Å². The molecule has 0 aliphatic rings. The van der Waals surface area contributed by atoms with E-state index in [-0.39, 0.29) is 108 Å². The van der Waals surface area contributed by atoms with Crippen molar-refractivity contribution in [2.75, 3.05) is 46.8 Å². The number of guanidine groups is 3. The van der Waals surface area contributed by atoms with Crippen molar-refractivity contribution in [3.63, 3.8) is 0 Å². The van der Waals surface area contributed by atoms with Crippen molar-refractivity contribution < 1.29 is 58.2 Å². The van der Waals surface area contributed by atoms with Crippen LogP contribution in [0.3, 0.4) is 0 Å². The minimum absolute atomic E-state index is 0.00211. The van der Waals surface area contributed by atoms with E-state index < -0.39 is 126 Å². The number of aliphatic imine (C=N–C) groups is 3. The molecule has 1 rings (SSSR count). The molecule has 0 radical (unpaired) electrons. The van der Waals surface area contributed by atoms with Crippen molar-refractivity contribution >= 4 is 77.1 Å². The molecule has 0 fully saturated rings. The molecule has 1 aromatic heterocycles. The Morgan fingerprint density at radius 2 is 0.931 bits per heavy atom. The number of aromatic amines is 1. The summed E-state index contributed by atoms with van der Waals surface area (Å²) in [4.78, 5) is 157.